The number of nitrogens with zero attached hydrogens (tertiary/aromatic N) is 1. The minimum atomic E-state index is -0.720. The van der Waals surface area contributed by atoms with Crippen molar-refractivity contribution in [1.29, 1.82) is 0 Å². The number of hydrogen-bond donors (Lipinski definition) is 1. The maximum atomic E-state index is 13.3. The zero-order valence-electron chi connectivity index (χ0n) is 21.7. The first-order valence-corrected chi connectivity index (χ1v) is 12.0. The summed E-state index contributed by atoms with van der Waals surface area (Å²) >= 11 is 0. The fourth-order valence-corrected chi connectivity index (χ4v) is 4.76. The number of amides is 1. The fourth-order valence-electron chi connectivity index (χ4n) is 4.76. The van der Waals surface area contributed by atoms with Gasteiger partial charge in [-0.15, -0.1) is 0 Å². The number of ether oxygens (including phenoxy) is 3. The summed E-state index contributed by atoms with van der Waals surface area (Å²) in [4.78, 5) is 28.2. The molecule has 1 unspecified atom stereocenters. The normalized spacial score (nSPS) is 16.7. The number of methoxy groups -OCH3 is 3. The maximum absolute atomic E-state index is 13.3. The number of carbonyl (C=O) groups excluding carboxylic acids is 2. The minimum Gasteiger partial charge on any atom is -0.507 e. The van der Waals surface area contributed by atoms with E-state index in [1.807, 2.05) is 56.3 Å². The molecule has 1 atom stereocenters. The van der Waals surface area contributed by atoms with Crippen molar-refractivity contribution in [3.63, 3.8) is 0 Å². The summed E-state index contributed by atoms with van der Waals surface area (Å²) < 4.78 is 16.0. The van der Waals surface area contributed by atoms with Crippen LogP contribution in [0.3, 0.4) is 0 Å². The summed E-state index contributed by atoms with van der Waals surface area (Å²) in [5, 5.41) is 11.3. The average molecular weight is 502 g/mol. The van der Waals surface area contributed by atoms with Crippen LogP contribution in [0.4, 0.5) is 0 Å². The van der Waals surface area contributed by atoms with E-state index < -0.39 is 17.7 Å². The number of likely N-dealkylation sites (tertiary alicyclic amines) is 1. The van der Waals surface area contributed by atoms with E-state index in [0.717, 1.165) is 22.3 Å². The molecule has 1 aliphatic heterocycles. The Morgan fingerprint density at radius 3 is 2.22 bits per heavy atom. The summed E-state index contributed by atoms with van der Waals surface area (Å²) in [5.74, 6) is 0.323. The molecule has 7 heteroatoms. The Balaban J connectivity index is 1.76. The Kier molecular flexibility index (Phi) is 7.53. The van der Waals surface area contributed by atoms with Gasteiger partial charge in [-0.2, -0.15) is 0 Å². The second kappa shape index (κ2) is 10.8. The summed E-state index contributed by atoms with van der Waals surface area (Å²) in [6.07, 6.45) is 0.484. The van der Waals surface area contributed by atoms with Crippen molar-refractivity contribution >= 4 is 17.4 Å². The SMILES string of the molecule is COc1ccc(/C(O)=C2/C(=O)C(=O)N(CCc3ccc(OC)c(OC)c3)C2c2cccc(C)c2)cc1C. The Labute approximate surface area is 216 Å². The highest BCUT2D eigenvalue weighted by atomic mass is 16.5. The van der Waals surface area contributed by atoms with Crippen LogP contribution in [0, 0.1) is 13.8 Å². The van der Waals surface area contributed by atoms with Gasteiger partial charge in [0.1, 0.15) is 11.5 Å². The van der Waals surface area contributed by atoms with E-state index in [1.54, 1.807) is 39.5 Å². The van der Waals surface area contributed by atoms with Crippen LogP contribution in [-0.4, -0.2) is 49.6 Å². The molecule has 4 rings (SSSR count). The van der Waals surface area contributed by atoms with Crippen LogP contribution in [0.1, 0.15) is 33.9 Å². The lowest BCUT2D eigenvalue weighted by Gasteiger charge is -2.26. The first-order chi connectivity index (χ1) is 17.8. The van der Waals surface area contributed by atoms with E-state index in [-0.39, 0.29) is 17.9 Å². The third-order valence-corrected chi connectivity index (χ3v) is 6.66. The second-order valence-electron chi connectivity index (χ2n) is 9.03. The summed E-state index contributed by atoms with van der Waals surface area (Å²) in [6, 6.07) is 17.7. The van der Waals surface area contributed by atoms with Crippen LogP contribution in [0.15, 0.2) is 66.2 Å². The molecule has 0 aliphatic carbocycles. The predicted molar refractivity (Wildman–Crippen MR) is 141 cm³/mol. The number of aliphatic hydroxyl groups is 1. The molecule has 3 aromatic carbocycles. The second-order valence-corrected chi connectivity index (χ2v) is 9.03. The Morgan fingerprint density at radius 1 is 0.865 bits per heavy atom. The molecular weight excluding hydrogens is 470 g/mol. The number of Topliss-reactive ketones (excluding diaryl/α,β-unsaturated/α-hetero) is 1. The third-order valence-electron chi connectivity index (χ3n) is 6.66. The van der Waals surface area contributed by atoms with E-state index in [0.29, 0.717) is 29.2 Å². The van der Waals surface area contributed by atoms with Gasteiger partial charge in [0.2, 0.25) is 0 Å². The highest BCUT2D eigenvalue weighted by Crippen LogP contribution is 2.40. The summed E-state index contributed by atoms with van der Waals surface area (Å²) in [7, 11) is 4.71. The van der Waals surface area contributed by atoms with Crippen LogP contribution in [0.5, 0.6) is 17.2 Å². The third kappa shape index (κ3) is 5.03. The minimum absolute atomic E-state index is 0.0764. The molecule has 1 saturated heterocycles. The Hall–Kier alpha value is -4.26. The van der Waals surface area contributed by atoms with Crippen molar-refractivity contribution in [2.45, 2.75) is 26.3 Å². The molecule has 37 heavy (non-hydrogen) atoms. The predicted octanol–water partition coefficient (Wildman–Crippen LogP) is 4.99. The molecule has 0 bridgehead atoms. The fraction of sp³-hybridized carbons (Fsp3) is 0.267. The molecule has 0 spiro atoms. The number of aliphatic hydroxyl groups excluding tert-OH is 1. The standard InChI is InChI=1S/C30H31NO6/c1-18-7-6-8-21(15-18)27-26(28(32)22-10-12-23(35-3)19(2)16-22)29(33)30(34)31(27)14-13-20-9-11-24(36-4)25(17-20)37-5/h6-12,15-17,27,32H,13-14H2,1-5H3/b28-26-. The molecule has 1 aliphatic rings. The van der Waals surface area contributed by atoms with Crippen LogP contribution in [-0.2, 0) is 16.0 Å². The van der Waals surface area contributed by atoms with Crippen molar-refractivity contribution in [2.75, 3.05) is 27.9 Å². The molecule has 192 valence electrons. The van der Waals surface area contributed by atoms with Gasteiger partial charge in [0.15, 0.2) is 11.5 Å². The zero-order valence-corrected chi connectivity index (χ0v) is 21.7. The van der Waals surface area contributed by atoms with Gasteiger partial charge in [0.25, 0.3) is 11.7 Å². The van der Waals surface area contributed by atoms with Gasteiger partial charge in [-0.25, -0.2) is 0 Å². The number of aryl methyl sites for hydroxylation is 2. The van der Waals surface area contributed by atoms with Crippen LogP contribution in [0.25, 0.3) is 5.76 Å². The van der Waals surface area contributed by atoms with E-state index in [1.165, 1.54) is 4.90 Å². The van der Waals surface area contributed by atoms with Gasteiger partial charge in [0.05, 0.1) is 32.9 Å². The molecule has 0 radical (unpaired) electrons. The monoisotopic (exact) mass is 501 g/mol. The number of benzene rings is 3. The molecule has 1 fully saturated rings. The first-order valence-electron chi connectivity index (χ1n) is 12.0. The molecule has 1 heterocycles. The number of ketones is 1. The van der Waals surface area contributed by atoms with Crippen molar-refractivity contribution in [2.24, 2.45) is 0 Å². The van der Waals surface area contributed by atoms with E-state index in [9.17, 15) is 14.7 Å². The topological polar surface area (TPSA) is 85.3 Å². The van der Waals surface area contributed by atoms with Gasteiger partial charge in [0, 0.05) is 12.1 Å². The summed E-state index contributed by atoms with van der Waals surface area (Å²) in [5.41, 5.74) is 4.01. The van der Waals surface area contributed by atoms with Crippen molar-refractivity contribution in [3.05, 3.63) is 94.1 Å². The lowest BCUT2D eigenvalue weighted by molar-refractivity contribution is -0.139. The van der Waals surface area contributed by atoms with Gasteiger partial charge in [-0.3, -0.25) is 9.59 Å². The number of rotatable bonds is 8. The molecular formula is C30H31NO6. The van der Waals surface area contributed by atoms with Gasteiger partial charge < -0.3 is 24.2 Å². The maximum Gasteiger partial charge on any atom is 0.295 e. The van der Waals surface area contributed by atoms with E-state index >= 15 is 0 Å². The largest absolute Gasteiger partial charge is 0.507 e. The Morgan fingerprint density at radius 2 is 1.57 bits per heavy atom. The number of carbonyl (C=O) groups is 2. The molecule has 0 saturated carbocycles. The van der Waals surface area contributed by atoms with Crippen molar-refractivity contribution < 1.29 is 28.9 Å². The smallest absolute Gasteiger partial charge is 0.295 e. The number of hydrogen-bond acceptors (Lipinski definition) is 6. The molecule has 1 N–H and O–H groups in total. The molecule has 7 nitrogen and oxygen atoms in total. The lowest BCUT2D eigenvalue weighted by atomic mass is 9.94. The Bertz CT molecular complexity index is 1380. The van der Waals surface area contributed by atoms with Gasteiger partial charge >= 0.3 is 0 Å². The average Bonchev–Trinajstić information content (AvgIpc) is 3.16. The zero-order chi connectivity index (χ0) is 26.7. The summed E-state index contributed by atoms with van der Waals surface area (Å²) in [6.45, 7) is 4.08. The molecule has 0 aromatic heterocycles. The van der Waals surface area contributed by atoms with Crippen molar-refractivity contribution in [3.8, 4) is 17.2 Å². The van der Waals surface area contributed by atoms with E-state index in [4.69, 9.17) is 14.2 Å². The van der Waals surface area contributed by atoms with Gasteiger partial charge in [-0.05, 0) is 67.3 Å². The van der Waals surface area contributed by atoms with Crippen molar-refractivity contribution in [1.82, 2.24) is 4.90 Å². The van der Waals surface area contributed by atoms with Crippen LogP contribution in [0.2, 0.25) is 0 Å². The molecule has 3 aromatic rings. The van der Waals surface area contributed by atoms with Gasteiger partial charge in [-0.1, -0.05) is 35.9 Å². The van der Waals surface area contributed by atoms with Crippen LogP contribution >= 0.6 is 0 Å². The molecule has 1 amide bonds. The quantitative estimate of drug-likeness (QED) is 0.266. The van der Waals surface area contributed by atoms with Crippen LogP contribution < -0.4 is 14.2 Å². The highest BCUT2D eigenvalue weighted by Gasteiger charge is 2.45. The highest BCUT2D eigenvalue weighted by molar-refractivity contribution is 6.46. The lowest BCUT2D eigenvalue weighted by Crippen LogP contribution is -2.31. The van der Waals surface area contributed by atoms with E-state index in [2.05, 4.69) is 0 Å². The first kappa shape index (κ1) is 25.8.